The third-order valence-corrected chi connectivity index (χ3v) is 7.82. The molecule has 2 aromatic carbocycles. The number of aromatic nitrogens is 1. The van der Waals surface area contributed by atoms with Crippen LogP contribution < -0.4 is 10.7 Å². The molecule has 2 saturated heterocycles. The van der Waals surface area contributed by atoms with Gasteiger partial charge in [-0.05, 0) is 43.5 Å². The van der Waals surface area contributed by atoms with E-state index in [4.69, 9.17) is 4.98 Å². The molecule has 2 unspecified atom stereocenters. The Hall–Kier alpha value is -3.30. The Morgan fingerprint density at radius 3 is 2.68 bits per heavy atom. The Morgan fingerprint density at radius 2 is 1.91 bits per heavy atom. The van der Waals surface area contributed by atoms with Crippen molar-refractivity contribution in [1.82, 2.24) is 25.6 Å². The van der Waals surface area contributed by atoms with Crippen molar-refractivity contribution in [3.05, 3.63) is 65.2 Å². The number of fused-ring (bicyclic) bond motifs is 1. The number of carbonyl (C=O) groups is 3. The fourth-order valence-electron chi connectivity index (χ4n) is 4.88. The molecule has 0 bridgehead atoms. The molecule has 2 aliphatic heterocycles. The smallest absolute Gasteiger partial charge is 0.318 e. The highest BCUT2D eigenvalue weighted by atomic mass is 32.1. The van der Waals surface area contributed by atoms with Crippen LogP contribution in [0.5, 0.6) is 0 Å². The largest absolute Gasteiger partial charge is 0.344 e. The summed E-state index contributed by atoms with van der Waals surface area (Å²) in [5.74, 6) is -0.864. The average Bonchev–Trinajstić information content (AvgIpc) is 3.40. The van der Waals surface area contributed by atoms with Gasteiger partial charge < -0.3 is 5.32 Å². The van der Waals surface area contributed by atoms with Crippen LogP contribution >= 0.6 is 11.3 Å². The van der Waals surface area contributed by atoms with E-state index < -0.39 is 23.4 Å². The van der Waals surface area contributed by atoms with Crippen molar-refractivity contribution in [3.8, 4) is 0 Å². The number of benzene rings is 2. The van der Waals surface area contributed by atoms with Gasteiger partial charge in [0.2, 0.25) is 0 Å². The molecule has 2 aliphatic rings. The summed E-state index contributed by atoms with van der Waals surface area (Å²) >= 11 is 1.66. The minimum absolute atomic E-state index is 0.0408. The van der Waals surface area contributed by atoms with Crippen molar-refractivity contribution in [2.24, 2.45) is 0 Å². The van der Waals surface area contributed by atoms with Crippen LogP contribution in [0.1, 0.15) is 49.2 Å². The molecular formula is C25H27N5O3S. The highest BCUT2D eigenvalue weighted by molar-refractivity contribution is 7.18. The monoisotopic (exact) mass is 477 g/mol. The zero-order valence-electron chi connectivity index (χ0n) is 19.0. The predicted octanol–water partition coefficient (Wildman–Crippen LogP) is 3.71. The number of hydrazine groups is 1. The Bertz CT molecular complexity index is 1200. The molecule has 4 amide bonds. The van der Waals surface area contributed by atoms with Gasteiger partial charge in [0, 0.05) is 0 Å². The Labute approximate surface area is 201 Å². The summed E-state index contributed by atoms with van der Waals surface area (Å²) < 4.78 is 1.13. The van der Waals surface area contributed by atoms with Crippen molar-refractivity contribution in [3.63, 3.8) is 0 Å². The van der Waals surface area contributed by atoms with Crippen molar-refractivity contribution in [2.75, 3.05) is 13.1 Å². The van der Waals surface area contributed by atoms with Crippen LogP contribution in [0.25, 0.3) is 10.2 Å². The SMILES string of the molecule is CCC1(c2ccccc2)NC(=O)N(NC(=O)CN2CCCCC2c2nc3ccccc3s2)C1=O. The van der Waals surface area contributed by atoms with Crippen LogP contribution in [0.3, 0.4) is 0 Å². The number of hydrogen-bond acceptors (Lipinski definition) is 6. The van der Waals surface area contributed by atoms with Gasteiger partial charge in [-0.1, -0.05) is 55.8 Å². The van der Waals surface area contributed by atoms with Crippen LogP contribution in [0, 0.1) is 0 Å². The second kappa shape index (κ2) is 9.15. The van der Waals surface area contributed by atoms with Gasteiger partial charge in [-0.25, -0.2) is 9.78 Å². The van der Waals surface area contributed by atoms with E-state index >= 15 is 0 Å². The second-order valence-corrected chi connectivity index (χ2v) is 9.79. The summed E-state index contributed by atoms with van der Waals surface area (Å²) in [6, 6.07) is 16.6. The number of piperidine rings is 1. The van der Waals surface area contributed by atoms with Crippen molar-refractivity contribution < 1.29 is 14.4 Å². The zero-order valence-corrected chi connectivity index (χ0v) is 19.8. The number of likely N-dealkylation sites (tertiary alicyclic amines) is 1. The number of rotatable bonds is 6. The molecule has 0 spiro atoms. The summed E-state index contributed by atoms with van der Waals surface area (Å²) in [5.41, 5.74) is 3.04. The highest BCUT2D eigenvalue weighted by Crippen LogP contribution is 2.35. The maximum atomic E-state index is 13.3. The third-order valence-electron chi connectivity index (χ3n) is 6.68. The molecule has 2 atom stereocenters. The standard InChI is InChI=1S/C25H27N5O3S/c1-2-25(17-10-4-3-5-11-17)23(32)30(24(33)27-25)28-21(31)16-29-15-9-8-13-19(29)22-26-18-12-6-7-14-20(18)34-22/h3-7,10-12,14,19H,2,8-9,13,15-16H2,1H3,(H,27,33)(H,28,31). The van der Waals surface area contributed by atoms with Gasteiger partial charge in [-0.15, -0.1) is 11.3 Å². The molecule has 8 nitrogen and oxygen atoms in total. The molecule has 0 radical (unpaired) electrons. The number of nitrogens with zero attached hydrogens (tertiary/aromatic N) is 3. The topological polar surface area (TPSA) is 94.6 Å². The molecule has 0 saturated carbocycles. The van der Waals surface area contributed by atoms with Gasteiger partial charge in [0.15, 0.2) is 0 Å². The summed E-state index contributed by atoms with van der Waals surface area (Å²) in [6.45, 7) is 2.69. The number of thiazole rings is 1. The molecular weight excluding hydrogens is 450 g/mol. The number of urea groups is 1. The molecule has 0 aliphatic carbocycles. The molecule has 5 rings (SSSR count). The van der Waals surface area contributed by atoms with E-state index in [1.54, 1.807) is 11.3 Å². The van der Waals surface area contributed by atoms with E-state index in [1.807, 2.05) is 55.5 Å². The Balaban J connectivity index is 1.31. The lowest BCUT2D eigenvalue weighted by Gasteiger charge is -2.34. The molecule has 3 heterocycles. The molecule has 9 heteroatoms. The molecule has 176 valence electrons. The van der Waals surface area contributed by atoms with Crippen LogP contribution in [-0.2, 0) is 15.1 Å². The van der Waals surface area contributed by atoms with E-state index in [1.165, 1.54) is 0 Å². The first kappa shape index (κ1) is 22.5. The van der Waals surface area contributed by atoms with E-state index in [0.717, 1.165) is 46.0 Å². The first-order valence-corrected chi connectivity index (χ1v) is 12.4. The highest BCUT2D eigenvalue weighted by Gasteiger charge is 2.52. The minimum Gasteiger partial charge on any atom is -0.318 e. The lowest BCUT2D eigenvalue weighted by molar-refractivity contribution is -0.140. The van der Waals surface area contributed by atoms with Gasteiger partial charge in [0.25, 0.3) is 11.8 Å². The molecule has 2 N–H and O–H groups in total. The fourth-order valence-corrected chi connectivity index (χ4v) is 6.01. The first-order valence-electron chi connectivity index (χ1n) is 11.6. The maximum Gasteiger partial charge on any atom is 0.344 e. The number of para-hydroxylation sites is 1. The Kier molecular flexibility index (Phi) is 6.05. The van der Waals surface area contributed by atoms with Gasteiger partial charge in [-0.2, -0.15) is 5.01 Å². The molecule has 1 aromatic heterocycles. The van der Waals surface area contributed by atoms with Crippen molar-refractivity contribution in [1.29, 1.82) is 0 Å². The van der Waals surface area contributed by atoms with Gasteiger partial charge >= 0.3 is 6.03 Å². The maximum absolute atomic E-state index is 13.3. The van der Waals surface area contributed by atoms with Gasteiger partial charge in [0.05, 0.1) is 22.8 Å². The number of nitrogens with one attached hydrogen (secondary N) is 2. The quantitative estimate of drug-likeness (QED) is 0.528. The summed E-state index contributed by atoms with van der Waals surface area (Å²) in [7, 11) is 0. The zero-order chi connectivity index (χ0) is 23.7. The number of imide groups is 1. The number of hydrogen-bond donors (Lipinski definition) is 2. The molecule has 34 heavy (non-hydrogen) atoms. The van der Waals surface area contributed by atoms with Crippen molar-refractivity contribution >= 4 is 39.4 Å². The Morgan fingerprint density at radius 1 is 1.15 bits per heavy atom. The lowest BCUT2D eigenvalue weighted by atomic mass is 9.87. The second-order valence-electron chi connectivity index (χ2n) is 8.73. The molecule has 2 fully saturated rings. The van der Waals surface area contributed by atoms with E-state index in [-0.39, 0.29) is 12.6 Å². The lowest BCUT2D eigenvalue weighted by Crippen LogP contribution is -2.51. The summed E-state index contributed by atoms with van der Waals surface area (Å²) in [5, 5.41) is 4.62. The predicted molar refractivity (Wildman–Crippen MR) is 130 cm³/mol. The summed E-state index contributed by atoms with van der Waals surface area (Å²) in [6.07, 6.45) is 3.36. The van der Waals surface area contributed by atoms with Crippen LogP contribution in [0.15, 0.2) is 54.6 Å². The summed E-state index contributed by atoms with van der Waals surface area (Å²) in [4.78, 5) is 45.9. The fraction of sp³-hybridized carbons (Fsp3) is 0.360. The normalized spacial score (nSPS) is 23.3. The van der Waals surface area contributed by atoms with Crippen molar-refractivity contribution in [2.45, 2.75) is 44.2 Å². The van der Waals surface area contributed by atoms with Gasteiger partial charge in [-0.3, -0.25) is 19.9 Å². The van der Waals surface area contributed by atoms with E-state index in [9.17, 15) is 14.4 Å². The number of amides is 4. The molecule has 3 aromatic rings. The van der Waals surface area contributed by atoms with Gasteiger partial charge in [0.1, 0.15) is 10.5 Å². The number of carbonyl (C=O) groups excluding carboxylic acids is 3. The average molecular weight is 478 g/mol. The first-order chi connectivity index (χ1) is 16.5. The van der Waals surface area contributed by atoms with E-state index in [2.05, 4.69) is 21.7 Å². The minimum atomic E-state index is -1.18. The third kappa shape index (κ3) is 3.95. The van der Waals surface area contributed by atoms with Crippen LogP contribution in [0.4, 0.5) is 4.79 Å². The van der Waals surface area contributed by atoms with E-state index in [0.29, 0.717) is 12.0 Å². The van der Waals surface area contributed by atoms with Crippen LogP contribution in [0.2, 0.25) is 0 Å². The van der Waals surface area contributed by atoms with Crippen LogP contribution in [-0.4, -0.2) is 45.8 Å².